The molecule has 0 saturated heterocycles. The van der Waals surface area contributed by atoms with Crippen molar-refractivity contribution >= 4 is 44.3 Å². The first kappa shape index (κ1) is 33.7. The Bertz CT molecular complexity index is 2280. The molecule has 0 aromatic heterocycles. The van der Waals surface area contributed by atoms with E-state index in [1.54, 1.807) is 0 Å². The zero-order chi connectivity index (χ0) is 35.6. The Hall–Kier alpha value is -5.80. The smallest absolute Gasteiger partial charge is 0.0977 e. The minimum absolute atomic E-state index is 0.127. The number of benzene rings is 7. The van der Waals surface area contributed by atoms with E-state index >= 15 is 0 Å². The summed E-state index contributed by atoms with van der Waals surface area (Å²) in [5.41, 5.74) is 13.9. The first-order chi connectivity index (χ1) is 24.6. The fraction of sp³-hybridized carbons (Fsp3) is 0.167. The predicted molar refractivity (Wildman–Crippen MR) is 219 cm³/mol. The maximum atomic E-state index is 5.34. The van der Waals surface area contributed by atoms with Crippen LogP contribution in [0.25, 0.3) is 21.5 Å². The van der Waals surface area contributed by atoms with Crippen molar-refractivity contribution < 1.29 is 0 Å². The summed E-state index contributed by atoms with van der Waals surface area (Å²) in [5.74, 6) is 0. The van der Waals surface area contributed by atoms with Gasteiger partial charge in [-0.2, -0.15) is 5.10 Å². The second kappa shape index (κ2) is 13.8. The van der Waals surface area contributed by atoms with Crippen molar-refractivity contribution in [1.29, 1.82) is 0 Å². The molecule has 0 atom stereocenters. The van der Waals surface area contributed by atoms with Crippen LogP contribution in [0, 0.1) is 0 Å². The van der Waals surface area contributed by atoms with Crippen LogP contribution in [0.1, 0.15) is 74.9 Å². The monoisotopic (exact) mass is 663 g/mol. The van der Waals surface area contributed by atoms with Gasteiger partial charge in [0.05, 0.1) is 22.8 Å². The molecule has 7 aromatic carbocycles. The van der Waals surface area contributed by atoms with Crippen LogP contribution in [0.5, 0.6) is 0 Å². The van der Waals surface area contributed by atoms with E-state index in [1.807, 2.05) is 12.1 Å². The summed E-state index contributed by atoms with van der Waals surface area (Å²) in [5, 5.41) is 10.0. The maximum absolute atomic E-state index is 5.34. The largest absolute Gasteiger partial charge is 0.278 e. The van der Waals surface area contributed by atoms with E-state index in [0.717, 1.165) is 45.1 Å². The number of hydrogen-bond donors (Lipinski definition) is 1. The quantitative estimate of drug-likeness (QED) is 0.103. The van der Waals surface area contributed by atoms with Crippen molar-refractivity contribution in [3.8, 4) is 0 Å². The topological polar surface area (TPSA) is 36.8 Å². The Morgan fingerprint density at radius 1 is 0.412 bits per heavy atom. The fourth-order valence-corrected chi connectivity index (χ4v) is 7.20. The molecule has 0 aliphatic carbocycles. The molecule has 252 valence electrons. The molecule has 3 nitrogen and oxygen atoms in total. The third-order valence-electron chi connectivity index (χ3n) is 9.33. The van der Waals surface area contributed by atoms with Gasteiger partial charge < -0.3 is 0 Å². The minimum atomic E-state index is -0.127. The summed E-state index contributed by atoms with van der Waals surface area (Å²) in [6, 6.07) is 55.2. The van der Waals surface area contributed by atoms with Gasteiger partial charge in [0.25, 0.3) is 0 Å². The number of hydrogen-bond acceptors (Lipinski definition) is 3. The van der Waals surface area contributed by atoms with Gasteiger partial charge in [-0.3, -0.25) is 5.43 Å². The number of anilines is 1. The van der Waals surface area contributed by atoms with Crippen LogP contribution in [0.2, 0.25) is 0 Å². The third-order valence-corrected chi connectivity index (χ3v) is 9.33. The third kappa shape index (κ3) is 7.11. The van der Waals surface area contributed by atoms with Gasteiger partial charge in [0.1, 0.15) is 0 Å². The van der Waals surface area contributed by atoms with Crippen molar-refractivity contribution in [2.45, 2.75) is 52.4 Å². The van der Waals surface area contributed by atoms with Gasteiger partial charge in [-0.05, 0) is 67.8 Å². The number of aliphatic imine (C=N–C) groups is 1. The lowest BCUT2D eigenvalue weighted by molar-refractivity contribution is 0.593. The molecule has 3 heteroatoms. The Labute approximate surface area is 302 Å². The fourth-order valence-electron chi connectivity index (χ4n) is 7.20. The van der Waals surface area contributed by atoms with Crippen LogP contribution in [-0.2, 0) is 10.8 Å². The van der Waals surface area contributed by atoms with Crippen molar-refractivity contribution in [1.82, 2.24) is 0 Å². The van der Waals surface area contributed by atoms with Gasteiger partial charge in [-0.1, -0.05) is 175 Å². The lowest BCUT2D eigenvalue weighted by Gasteiger charge is -2.30. The van der Waals surface area contributed by atoms with Gasteiger partial charge in [-0.15, -0.1) is 0 Å². The molecule has 7 aromatic rings. The highest BCUT2D eigenvalue weighted by Crippen LogP contribution is 2.45. The molecule has 0 unspecified atom stereocenters. The van der Waals surface area contributed by atoms with E-state index < -0.39 is 0 Å². The molecular weight excluding hydrogens is 619 g/mol. The van der Waals surface area contributed by atoms with Gasteiger partial charge in [0.15, 0.2) is 0 Å². The summed E-state index contributed by atoms with van der Waals surface area (Å²) in [6.07, 6.45) is 0. The Morgan fingerprint density at radius 2 is 0.804 bits per heavy atom. The molecule has 0 radical (unpaired) electrons. The summed E-state index contributed by atoms with van der Waals surface area (Å²) in [4.78, 5) is 5.34. The second-order valence-corrected chi connectivity index (χ2v) is 15.2. The lowest BCUT2D eigenvalue weighted by Crippen LogP contribution is -2.17. The zero-order valence-electron chi connectivity index (χ0n) is 30.4. The lowest BCUT2D eigenvalue weighted by atomic mass is 9.74. The molecule has 0 heterocycles. The first-order valence-electron chi connectivity index (χ1n) is 17.8. The van der Waals surface area contributed by atoms with Crippen LogP contribution < -0.4 is 5.43 Å². The highest BCUT2D eigenvalue weighted by Gasteiger charge is 2.28. The van der Waals surface area contributed by atoms with Crippen molar-refractivity contribution in [3.05, 3.63) is 191 Å². The summed E-state index contributed by atoms with van der Waals surface area (Å²) in [6.45, 7) is 13.9. The molecule has 0 fully saturated rings. The Balaban J connectivity index is 1.42. The van der Waals surface area contributed by atoms with Crippen molar-refractivity contribution in [2.24, 2.45) is 10.1 Å². The second-order valence-electron chi connectivity index (χ2n) is 15.2. The van der Waals surface area contributed by atoms with Gasteiger partial charge in [0, 0.05) is 22.3 Å². The molecule has 0 spiro atoms. The molecule has 51 heavy (non-hydrogen) atoms. The average Bonchev–Trinajstić information content (AvgIpc) is 3.13. The average molecular weight is 664 g/mol. The molecule has 0 aliphatic heterocycles. The van der Waals surface area contributed by atoms with E-state index in [2.05, 4.69) is 193 Å². The van der Waals surface area contributed by atoms with E-state index in [-0.39, 0.29) is 10.8 Å². The van der Waals surface area contributed by atoms with Crippen molar-refractivity contribution in [2.75, 3.05) is 5.43 Å². The first-order valence-corrected chi connectivity index (χ1v) is 17.8. The van der Waals surface area contributed by atoms with Crippen molar-refractivity contribution in [3.63, 3.8) is 0 Å². The van der Waals surface area contributed by atoms with Crippen LogP contribution in [0.4, 0.5) is 11.4 Å². The van der Waals surface area contributed by atoms with Gasteiger partial charge in [0.2, 0.25) is 0 Å². The summed E-state index contributed by atoms with van der Waals surface area (Å²) in [7, 11) is 0. The highest BCUT2D eigenvalue weighted by molar-refractivity contribution is 6.15. The van der Waals surface area contributed by atoms with Gasteiger partial charge in [-0.25, -0.2) is 4.99 Å². The zero-order valence-corrected chi connectivity index (χ0v) is 30.4. The van der Waals surface area contributed by atoms with E-state index in [0.29, 0.717) is 0 Å². The van der Waals surface area contributed by atoms with Crippen LogP contribution in [-0.4, -0.2) is 11.4 Å². The number of fused-ring (bicyclic) bond motifs is 2. The highest BCUT2D eigenvalue weighted by atomic mass is 15.3. The molecule has 7 rings (SSSR count). The standard InChI is InChI=1S/C48H45N3/c1-47(2,3)43-40-30-28-38(50-51-46(35-23-15-9-16-24-35)36-25-17-10-18-26-36)32-42(40)44(48(4,5)6)39-29-27-37(31-41(39)43)49-45(33-19-11-7-12-20-33)34-21-13-8-14-22-34/h7-32,50H,1-6H3. The van der Waals surface area contributed by atoms with Crippen LogP contribution in [0.3, 0.4) is 0 Å². The van der Waals surface area contributed by atoms with Crippen LogP contribution >= 0.6 is 0 Å². The Morgan fingerprint density at radius 3 is 1.24 bits per heavy atom. The maximum Gasteiger partial charge on any atom is 0.0977 e. The predicted octanol–water partition coefficient (Wildman–Crippen LogP) is 12.6. The van der Waals surface area contributed by atoms with Crippen LogP contribution in [0.15, 0.2) is 168 Å². The molecule has 0 amide bonds. The van der Waals surface area contributed by atoms with E-state index in [9.17, 15) is 0 Å². The van der Waals surface area contributed by atoms with Gasteiger partial charge >= 0.3 is 0 Å². The molecule has 0 bridgehead atoms. The number of hydrazone groups is 1. The molecule has 0 aliphatic rings. The summed E-state index contributed by atoms with van der Waals surface area (Å²) >= 11 is 0. The molecular formula is C48H45N3. The normalized spacial score (nSPS) is 11.7. The number of nitrogens with one attached hydrogen (secondary N) is 1. The molecule has 1 N–H and O–H groups in total. The SMILES string of the molecule is CC(C)(C)c1c2ccc(NN=C(c3ccccc3)c3ccccc3)cc2c(C(C)(C)C)c2ccc(N=C(c3ccccc3)c3ccccc3)cc12. The van der Waals surface area contributed by atoms with E-state index in [1.165, 1.54) is 32.7 Å². The molecule has 0 saturated carbocycles. The minimum Gasteiger partial charge on any atom is -0.278 e. The number of rotatable bonds is 7. The number of nitrogens with zero attached hydrogens (tertiary/aromatic N) is 2. The van der Waals surface area contributed by atoms with E-state index in [4.69, 9.17) is 10.1 Å². The Kier molecular flexibility index (Phi) is 9.14. The summed E-state index contributed by atoms with van der Waals surface area (Å²) < 4.78 is 0.